The molecule has 24 heavy (non-hydrogen) atoms. The Bertz CT molecular complexity index is 233. The SMILES string of the molecule is C[N+](C)(C)CCCCCCCCCCCCCCCCCCCN. The molecule has 0 spiro atoms. The van der Waals surface area contributed by atoms with Gasteiger partial charge in [-0.15, -0.1) is 0 Å². The number of quaternary nitrogens is 1. The Morgan fingerprint density at radius 2 is 0.667 bits per heavy atom. The highest BCUT2D eigenvalue weighted by Gasteiger charge is 2.04. The minimum absolute atomic E-state index is 0.872. The van der Waals surface area contributed by atoms with E-state index < -0.39 is 0 Å². The Kier molecular flexibility index (Phi) is 17.7. The zero-order chi connectivity index (χ0) is 17.9. The molecule has 0 aliphatic rings. The molecule has 0 saturated carbocycles. The van der Waals surface area contributed by atoms with Gasteiger partial charge in [0.25, 0.3) is 0 Å². The third kappa shape index (κ3) is 21.9. The normalized spacial score (nSPS) is 12.0. The summed E-state index contributed by atoms with van der Waals surface area (Å²) in [5.41, 5.74) is 5.51. The number of nitrogens with two attached hydrogens (primary N) is 1. The fourth-order valence-corrected chi connectivity index (χ4v) is 3.38. The molecule has 0 fully saturated rings. The average Bonchev–Trinajstić information content (AvgIpc) is 2.52. The fraction of sp³-hybridized carbons (Fsp3) is 1.00. The third-order valence-electron chi connectivity index (χ3n) is 5.03. The van der Waals surface area contributed by atoms with Gasteiger partial charge in [0.1, 0.15) is 0 Å². The summed E-state index contributed by atoms with van der Waals surface area (Å²) in [7, 11) is 6.89. The number of unbranched alkanes of at least 4 members (excludes halogenated alkanes) is 16. The second-order valence-electron chi connectivity index (χ2n) is 8.81. The van der Waals surface area contributed by atoms with Gasteiger partial charge in [-0.1, -0.05) is 89.9 Å². The highest BCUT2D eigenvalue weighted by atomic mass is 15.3. The Morgan fingerprint density at radius 3 is 0.917 bits per heavy atom. The van der Waals surface area contributed by atoms with Crippen LogP contribution in [0.4, 0.5) is 0 Å². The average molecular weight is 342 g/mol. The topological polar surface area (TPSA) is 26.0 Å². The highest BCUT2D eigenvalue weighted by molar-refractivity contribution is 4.50. The van der Waals surface area contributed by atoms with Gasteiger partial charge in [0.15, 0.2) is 0 Å². The molecule has 0 aromatic rings. The summed E-state index contributed by atoms with van der Waals surface area (Å²) in [5.74, 6) is 0. The monoisotopic (exact) mass is 341 g/mol. The molecule has 0 bridgehead atoms. The molecule has 0 saturated heterocycles. The van der Waals surface area contributed by atoms with Crippen LogP contribution in [0.2, 0.25) is 0 Å². The minimum Gasteiger partial charge on any atom is -0.331 e. The van der Waals surface area contributed by atoms with E-state index in [1.54, 1.807) is 0 Å². The molecule has 0 aliphatic carbocycles. The molecule has 0 aromatic heterocycles. The van der Waals surface area contributed by atoms with E-state index in [2.05, 4.69) is 21.1 Å². The highest BCUT2D eigenvalue weighted by Crippen LogP contribution is 2.14. The van der Waals surface area contributed by atoms with Gasteiger partial charge in [0, 0.05) is 0 Å². The molecule has 0 aromatic carbocycles. The summed E-state index contributed by atoms with van der Waals surface area (Å²) in [4.78, 5) is 0. The third-order valence-corrected chi connectivity index (χ3v) is 5.03. The lowest BCUT2D eigenvalue weighted by Gasteiger charge is -2.23. The molecule has 2 heteroatoms. The summed E-state index contributed by atoms with van der Waals surface area (Å²) < 4.78 is 1.12. The van der Waals surface area contributed by atoms with Crippen molar-refractivity contribution in [3.05, 3.63) is 0 Å². The van der Waals surface area contributed by atoms with Gasteiger partial charge in [-0.25, -0.2) is 0 Å². The van der Waals surface area contributed by atoms with Gasteiger partial charge in [-0.05, 0) is 25.8 Å². The standard InChI is InChI=1S/C22H49N2/c1-24(2,3)22-20-18-16-14-12-10-8-6-4-5-7-9-11-13-15-17-19-21-23/h4-23H2,1-3H3/q+1. The Morgan fingerprint density at radius 1 is 0.417 bits per heavy atom. The second kappa shape index (κ2) is 17.7. The molecule has 0 unspecified atom stereocenters. The summed E-state index contributed by atoms with van der Waals surface area (Å²) in [6, 6.07) is 0. The van der Waals surface area contributed by atoms with E-state index in [9.17, 15) is 0 Å². The van der Waals surface area contributed by atoms with Crippen molar-refractivity contribution >= 4 is 0 Å². The first-order valence-electron chi connectivity index (χ1n) is 11.1. The Hall–Kier alpha value is -0.0800. The molecular formula is C22H49N2+. The van der Waals surface area contributed by atoms with Crippen molar-refractivity contribution in [1.29, 1.82) is 0 Å². The maximum Gasteiger partial charge on any atom is 0.0780 e. The van der Waals surface area contributed by atoms with E-state index in [0.29, 0.717) is 0 Å². The Labute approximate surface area is 154 Å². The van der Waals surface area contributed by atoms with Gasteiger partial charge in [-0.3, -0.25) is 0 Å². The minimum atomic E-state index is 0.872. The molecule has 2 N–H and O–H groups in total. The summed E-state index contributed by atoms with van der Waals surface area (Å²) in [6.45, 7) is 2.20. The molecule has 146 valence electrons. The maximum absolute atomic E-state index is 5.51. The van der Waals surface area contributed by atoms with Gasteiger partial charge in [0.2, 0.25) is 0 Å². The van der Waals surface area contributed by atoms with Crippen LogP contribution >= 0.6 is 0 Å². The number of hydrogen-bond acceptors (Lipinski definition) is 1. The predicted octanol–water partition coefficient (Wildman–Crippen LogP) is 6.28. The first-order chi connectivity index (χ1) is 11.6. The number of rotatable bonds is 19. The van der Waals surface area contributed by atoms with Crippen molar-refractivity contribution in [2.75, 3.05) is 34.2 Å². The van der Waals surface area contributed by atoms with E-state index in [1.165, 1.54) is 116 Å². The maximum atomic E-state index is 5.51. The summed E-state index contributed by atoms with van der Waals surface area (Å²) in [6.07, 6.45) is 24.3. The van der Waals surface area contributed by atoms with Crippen LogP contribution in [0.5, 0.6) is 0 Å². The lowest BCUT2D eigenvalue weighted by atomic mass is 10.0. The van der Waals surface area contributed by atoms with E-state index in [0.717, 1.165) is 11.0 Å². The van der Waals surface area contributed by atoms with Crippen LogP contribution in [0.1, 0.15) is 109 Å². The van der Waals surface area contributed by atoms with Crippen molar-refractivity contribution < 1.29 is 4.48 Å². The Balaban J connectivity index is 3.00. The number of hydrogen-bond donors (Lipinski definition) is 1. The quantitative estimate of drug-likeness (QED) is 0.217. The number of nitrogens with zero attached hydrogens (tertiary/aromatic N) is 1. The molecule has 0 rings (SSSR count). The molecular weight excluding hydrogens is 292 g/mol. The van der Waals surface area contributed by atoms with Crippen LogP contribution in [0, 0.1) is 0 Å². The van der Waals surface area contributed by atoms with Gasteiger partial charge in [0.05, 0.1) is 27.7 Å². The molecule has 0 amide bonds. The zero-order valence-electron chi connectivity index (χ0n) is 17.5. The van der Waals surface area contributed by atoms with Crippen LogP contribution < -0.4 is 5.73 Å². The van der Waals surface area contributed by atoms with Crippen LogP contribution in [0.25, 0.3) is 0 Å². The van der Waals surface area contributed by atoms with Crippen molar-refractivity contribution in [2.45, 2.75) is 109 Å². The first-order valence-corrected chi connectivity index (χ1v) is 11.1. The second-order valence-corrected chi connectivity index (χ2v) is 8.81. The van der Waals surface area contributed by atoms with E-state index in [-0.39, 0.29) is 0 Å². The van der Waals surface area contributed by atoms with Crippen LogP contribution in [-0.2, 0) is 0 Å². The molecule has 0 heterocycles. The molecule has 0 aliphatic heterocycles. The zero-order valence-corrected chi connectivity index (χ0v) is 17.5. The van der Waals surface area contributed by atoms with Crippen molar-refractivity contribution in [3.63, 3.8) is 0 Å². The van der Waals surface area contributed by atoms with Gasteiger partial charge >= 0.3 is 0 Å². The largest absolute Gasteiger partial charge is 0.331 e. The van der Waals surface area contributed by atoms with E-state index >= 15 is 0 Å². The lowest BCUT2D eigenvalue weighted by molar-refractivity contribution is -0.870. The van der Waals surface area contributed by atoms with Crippen molar-refractivity contribution in [3.8, 4) is 0 Å². The van der Waals surface area contributed by atoms with E-state index in [1.807, 2.05) is 0 Å². The van der Waals surface area contributed by atoms with Crippen LogP contribution in [0.3, 0.4) is 0 Å². The fourth-order valence-electron chi connectivity index (χ4n) is 3.38. The summed E-state index contributed by atoms with van der Waals surface area (Å²) >= 11 is 0. The summed E-state index contributed by atoms with van der Waals surface area (Å²) in [5, 5.41) is 0. The van der Waals surface area contributed by atoms with Gasteiger partial charge < -0.3 is 10.2 Å². The van der Waals surface area contributed by atoms with Crippen LogP contribution in [-0.4, -0.2) is 38.7 Å². The van der Waals surface area contributed by atoms with Crippen molar-refractivity contribution in [2.24, 2.45) is 5.73 Å². The lowest BCUT2D eigenvalue weighted by Crippen LogP contribution is -2.35. The predicted molar refractivity (Wildman–Crippen MR) is 110 cm³/mol. The van der Waals surface area contributed by atoms with Crippen LogP contribution in [0.15, 0.2) is 0 Å². The van der Waals surface area contributed by atoms with Crippen molar-refractivity contribution in [1.82, 2.24) is 0 Å². The molecule has 0 radical (unpaired) electrons. The smallest absolute Gasteiger partial charge is 0.0780 e. The molecule has 0 atom stereocenters. The van der Waals surface area contributed by atoms with Gasteiger partial charge in [-0.2, -0.15) is 0 Å². The first kappa shape index (κ1) is 23.9. The van der Waals surface area contributed by atoms with E-state index in [4.69, 9.17) is 5.73 Å². The molecule has 2 nitrogen and oxygen atoms in total.